The van der Waals surface area contributed by atoms with Crippen molar-refractivity contribution in [2.75, 3.05) is 19.7 Å². The highest BCUT2D eigenvalue weighted by molar-refractivity contribution is 5.76. The molecular formula is C17H24F2N2O2. The molecule has 1 saturated heterocycles. The summed E-state index contributed by atoms with van der Waals surface area (Å²) >= 11 is 0. The number of nitrogens with two attached hydrogens (primary N) is 1. The van der Waals surface area contributed by atoms with Gasteiger partial charge < -0.3 is 15.4 Å². The Morgan fingerprint density at radius 3 is 2.96 bits per heavy atom. The third kappa shape index (κ3) is 5.16. The lowest BCUT2D eigenvalue weighted by molar-refractivity contribution is -0.133. The second-order valence-electron chi connectivity index (χ2n) is 6.13. The number of benzene rings is 1. The van der Waals surface area contributed by atoms with Gasteiger partial charge in [0.15, 0.2) is 11.6 Å². The number of carbonyl (C=O) groups excluding carboxylic acids is 1. The molecule has 128 valence electrons. The Labute approximate surface area is 135 Å². The molecule has 0 aliphatic carbocycles. The first kappa shape index (κ1) is 17.7. The number of hydrogen-bond acceptors (Lipinski definition) is 3. The second kappa shape index (κ2) is 8.24. The van der Waals surface area contributed by atoms with E-state index in [1.54, 1.807) is 0 Å². The van der Waals surface area contributed by atoms with Crippen molar-refractivity contribution in [2.45, 2.75) is 38.6 Å². The summed E-state index contributed by atoms with van der Waals surface area (Å²) in [6.07, 6.45) is 2.90. The van der Waals surface area contributed by atoms with Crippen molar-refractivity contribution in [1.29, 1.82) is 0 Å². The van der Waals surface area contributed by atoms with Crippen LogP contribution in [0.3, 0.4) is 0 Å². The first-order valence-corrected chi connectivity index (χ1v) is 8.08. The van der Waals surface area contributed by atoms with Crippen LogP contribution in [0.15, 0.2) is 18.2 Å². The summed E-state index contributed by atoms with van der Waals surface area (Å²) in [5.74, 6) is -0.921. The van der Waals surface area contributed by atoms with Gasteiger partial charge in [0, 0.05) is 31.6 Å². The molecule has 0 spiro atoms. The molecule has 1 aromatic rings. The van der Waals surface area contributed by atoms with Gasteiger partial charge in [0.25, 0.3) is 0 Å². The summed E-state index contributed by atoms with van der Waals surface area (Å²) in [4.78, 5) is 14.1. The Hall–Kier alpha value is -1.69. The molecule has 1 aliphatic rings. The fourth-order valence-corrected chi connectivity index (χ4v) is 2.82. The molecule has 0 bridgehead atoms. The smallest absolute Gasteiger partial charge is 0.222 e. The number of nitrogens with zero attached hydrogens (tertiary/aromatic N) is 1. The number of halogens is 2. The SMILES string of the molecule is C[C@@H](N)[C@H]1CCCN(C(=O)CCCOc2ccc(F)cc2F)C1. The maximum absolute atomic E-state index is 13.4. The summed E-state index contributed by atoms with van der Waals surface area (Å²) in [5, 5.41) is 0. The van der Waals surface area contributed by atoms with Crippen molar-refractivity contribution in [3.63, 3.8) is 0 Å². The standard InChI is InChI=1S/C17H24F2N2O2/c1-12(20)13-4-2-8-21(11-13)17(22)5-3-9-23-16-7-6-14(18)10-15(16)19/h6-7,10,12-13H,2-5,8-9,11,20H2,1H3/t12-,13+/m1/s1. The predicted molar refractivity (Wildman–Crippen MR) is 84.0 cm³/mol. The molecule has 2 atom stereocenters. The van der Waals surface area contributed by atoms with Gasteiger partial charge in [-0.05, 0) is 44.2 Å². The van der Waals surface area contributed by atoms with Crippen molar-refractivity contribution in [2.24, 2.45) is 11.7 Å². The number of likely N-dealkylation sites (tertiary alicyclic amines) is 1. The van der Waals surface area contributed by atoms with E-state index < -0.39 is 11.6 Å². The van der Waals surface area contributed by atoms with Gasteiger partial charge in [0.2, 0.25) is 5.91 Å². The summed E-state index contributed by atoms with van der Waals surface area (Å²) in [6, 6.07) is 3.27. The van der Waals surface area contributed by atoms with E-state index in [2.05, 4.69) is 0 Å². The summed E-state index contributed by atoms with van der Waals surface area (Å²) in [7, 11) is 0. The fraction of sp³-hybridized carbons (Fsp3) is 0.588. The summed E-state index contributed by atoms with van der Waals surface area (Å²) in [6.45, 7) is 3.68. The molecule has 2 N–H and O–H groups in total. The van der Waals surface area contributed by atoms with Crippen LogP contribution in [0.2, 0.25) is 0 Å². The largest absolute Gasteiger partial charge is 0.491 e. The average molecular weight is 326 g/mol. The number of piperidine rings is 1. The van der Waals surface area contributed by atoms with Crippen LogP contribution in [-0.4, -0.2) is 36.5 Å². The number of hydrogen-bond donors (Lipinski definition) is 1. The minimum absolute atomic E-state index is 0.00819. The van der Waals surface area contributed by atoms with Crippen LogP contribution in [0.4, 0.5) is 8.78 Å². The minimum Gasteiger partial charge on any atom is -0.491 e. The van der Waals surface area contributed by atoms with Crippen molar-refractivity contribution in [3.8, 4) is 5.75 Å². The van der Waals surface area contributed by atoms with Gasteiger partial charge in [0.05, 0.1) is 6.61 Å². The van der Waals surface area contributed by atoms with Gasteiger partial charge in [-0.2, -0.15) is 0 Å². The third-order valence-electron chi connectivity index (χ3n) is 4.24. The monoisotopic (exact) mass is 326 g/mol. The van der Waals surface area contributed by atoms with E-state index in [4.69, 9.17) is 10.5 Å². The molecule has 1 aromatic carbocycles. The molecule has 0 saturated carbocycles. The molecule has 1 heterocycles. The first-order chi connectivity index (χ1) is 11.0. The minimum atomic E-state index is -0.730. The van der Waals surface area contributed by atoms with E-state index in [1.165, 1.54) is 6.07 Å². The van der Waals surface area contributed by atoms with Crippen LogP contribution in [0.1, 0.15) is 32.6 Å². The van der Waals surface area contributed by atoms with E-state index >= 15 is 0 Å². The lowest BCUT2D eigenvalue weighted by Crippen LogP contribution is -2.45. The Bertz CT molecular complexity index is 537. The maximum Gasteiger partial charge on any atom is 0.222 e. The van der Waals surface area contributed by atoms with Gasteiger partial charge in [-0.25, -0.2) is 8.78 Å². The molecule has 1 amide bonds. The molecule has 1 aliphatic heterocycles. The van der Waals surface area contributed by atoms with Crippen molar-refractivity contribution >= 4 is 5.91 Å². The highest BCUT2D eigenvalue weighted by Gasteiger charge is 2.25. The molecule has 6 heteroatoms. The van der Waals surface area contributed by atoms with Crippen LogP contribution >= 0.6 is 0 Å². The zero-order valence-corrected chi connectivity index (χ0v) is 13.4. The zero-order valence-electron chi connectivity index (χ0n) is 13.4. The van der Waals surface area contributed by atoms with Crippen LogP contribution in [0.5, 0.6) is 5.75 Å². The Morgan fingerprint density at radius 2 is 2.26 bits per heavy atom. The molecule has 0 radical (unpaired) electrons. The van der Waals surface area contributed by atoms with Crippen molar-refractivity contribution in [3.05, 3.63) is 29.8 Å². The van der Waals surface area contributed by atoms with Crippen molar-refractivity contribution in [1.82, 2.24) is 4.90 Å². The maximum atomic E-state index is 13.4. The lowest BCUT2D eigenvalue weighted by atomic mass is 9.92. The number of amides is 1. The van der Waals surface area contributed by atoms with Crippen LogP contribution < -0.4 is 10.5 Å². The Balaban J connectivity index is 1.72. The average Bonchev–Trinajstić information content (AvgIpc) is 2.53. The van der Waals surface area contributed by atoms with E-state index in [0.717, 1.165) is 31.5 Å². The molecule has 23 heavy (non-hydrogen) atoms. The Kier molecular flexibility index (Phi) is 6.33. The molecule has 0 aromatic heterocycles. The Morgan fingerprint density at radius 1 is 1.48 bits per heavy atom. The van der Waals surface area contributed by atoms with E-state index in [-0.39, 0.29) is 24.3 Å². The van der Waals surface area contributed by atoms with Gasteiger partial charge >= 0.3 is 0 Å². The summed E-state index contributed by atoms with van der Waals surface area (Å²) < 4.78 is 31.4. The third-order valence-corrected chi connectivity index (χ3v) is 4.24. The molecular weight excluding hydrogens is 302 g/mol. The molecule has 4 nitrogen and oxygen atoms in total. The molecule has 1 fully saturated rings. The van der Waals surface area contributed by atoms with Crippen molar-refractivity contribution < 1.29 is 18.3 Å². The van der Waals surface area contributed by atoms with E-state index in [1.807, 2.05) is 11.8 Å². The van der Waals surface area contributed by atoms with E-state index in [9.17, 15) is 13.6 Å². The van der Waals surface area contributed by atoms with Gasteiger partial charge in [-0.1, -0.05) is 0 Å². The number of ether oxygens (including phenoxy) is 1. The normalized spacial score (nSPS) is 19.5. The zero-order chi connectivity index (χ0) is 16.8. The highest BCUT2D eigenvalue weighted by atomic mass is 19.1. The van der Waals surface area contributed by atoms with Crippen LogP contribution in [0.25, 0.3) is 0 Å². The molecule has 0 unspecified atom stereocenters. The summed E-state index contributed by atoms with van der Waals surface area (Å²) in [5.41, 5.74) is 5.92. The fourth-order valence-electron chi connectivity index (χ4n) is 2.82. The quantitative estimate of drug-likeness (QED) is 0.818. The highest BCUT2D eigenvalue weighted by Crippen LogP contribution is 2.20. The van der Waals surface area contributed by atoms with Gasteiger partial charge in [0.1, 0.15) is 5.82 Å². The lowest BCUT2D eigenvalue weighted by Gasteiger charge is -2.34. The molecule has 2 rings (SSSR count). The predicted octanol–water partition coefficient (Wildman–Crippen LogP) is 2.71. The van der Waals surface area contributed by atoms with Crippen LogP contribution in [0, 0.1) is 17.6 Å². The van der Waals surface area contributed by atoms with E-state index in [0.29, 0.717) is 25.3 Å². The topological polar surface area (TPSA) is 55.6 Å². The van der Waals surface area contributed by atoms with Gasteiger partial charge in [-0.3, -0.25) is 4.79 Å². The number of carbonyl (C=O) groups is 1. The second-order valence-corrected chi connectivity index (χ2v) is 6.13. The van der Waals surface area contributed by atoms with Gasteiger partial charge in [-0.15, -0.1) is 0 Å². The van der Waals surface area contributed by atoms with Crippen LogP contribution in [-0.2, 0) is 4.79 Å². The number of rotatable bonds is 6. The first-order valence-electron chi connectivity index (χ1n) is 8.08.